The number of hydrogen-bond acceptors (Lipinski definition) is 5. The SMILES string of the molecule is Cc1cc(N)cnc1-c1ccc(C(=O)Nc2ccccc2OC(N)=O)cc1. The molecule has 5 N–H and O–H groups in total. The molecule has 136 valence electrons. The van der Waals surface area contributed by atoms with E-state index in [1.54, 1.807) is 42.6 Å². The number of rotatable bonds is 4. The molecule has 7 nitrogen and oxygen atoms in total. The van der Waals surface area contributed by atoms with Crippen molar-refractivity contribution < 1.29 is 14.3 Å². The second-order valence-corrected chi connectivity index (χ2v) is 5.88. The molecule has 27 heavy (non-hydrogen) atoms. The van der Waals surface area contributed by atoms with Gasteiger partial charge in [0.05, 0.1) is 23.3 Å². The number of aromatic nitrogens is 1. The molecule has 0 saturated heterocycles. The number of para-hydroxylation sites is 2. The highest BCUT2D eigenvalue weighted by atomic mass is 16.5. The van der Waals surface area contributed by atoms with E-state index in [-0.39, 0.29) is 11.7 Å². The maximum absolute atomic E-state index is 12.5. The molecular formula is C20H18N4O3. The van der Waals surface area contributed by atoms with Gasteiger partial charge in [0.25, 0.3) is 5.91 Å². The summed E-state index contributed by atoms with van der Waals surface area (Å²) in [6, 6.07) is 15.4. The lowest BCUT2D eigenvalue weighted by atomic mass is 10.0. The molecule has 1 heterocycles. The summed E-state index contributed by atoms with van der Waals surface area (Å²) in [5, 5.41) is 2.71. The molecule has 0 fully saturated rings. The number of primary amides is 1. The van der Waals surface area contributed by atoms with Crippen LogP contribution in [0.25, 0.3) is 11.3 Å². The number of nitrogens with one attached hydrogen (secondary N) is 1. The number of nitrogens with two attached hydrogens (primary N) is 2. The van der Waals surface area contributed by atoms with E-state index in [2.05, 4.69) is 10.3 Å². The standard InChI is InChI=1S/C20H18N4O3/c1-12-10-15(21)11-23-18(12)13-6-8-14(9-7-13)19(25)24-16-4-2-3-5-17(16)27-20(22)26/h2-11H,21H2,1H3,(H2,22,26)(H,24,25). The Hall–Kier alpha value is -3.87. The molecule has 1 aromatic heterocycles. The minimum atomic E-state index is -0.951. The number of hydrogen-bond donors (Lipinski definition) is 3. The average molecular weight is 362 g/mol. The molecule has 0 unspecified atom stereocenters. The third-order valence-corrected chi connectivity index (χ3v) is 3.87. The molecule has 0 aliphatic rings. The number of ether oxygens (including phenoxy) is 1. The van der Waals surface area contributed by atoms with Crippen LogP contribution in [-0.2, 0) is 0 Å². The van der Waals surface area contributed by atoms with Crippen LogP contribution >= 0.6 is 0 Å². The van der Waals surface area contributed by atoms with E-state index in [9.17, 15) is 9.59 Å². The first-order valence-electron chi connectivity index (χ1n) is 8.14. The highest BCUT2D eigenvalue weighted by Crippen LogP contribution is 2.26. The number of nitrogens with zero attached hydrogens (tertiary/aromatic N) is 1. The molecule has 0 saturated carbocycles. The second kappa shape index (κ2) is 7.57. The van der Waals surface area contributed by atoms with Gasteiger partial charge < -0.3 is 21.5 Å². The van der Waals surface area contributed by atoms with Crippen molar-refractivity contribution in [3.05, 3.63) is 71.9 Å². The zero-order valence-corrected chi connectivity index (χ0v) is 14.6. The minimum Gasteiger partial charge on any atom is -0.408 e. The molecule has 3 rings (SSSR count). The van der Waals surface area contributed by atoms with Gasteiger partial charge in [-0.1, -0.05) is 24.3 Å². The normalized spacial score (nSPS) is 10.3. The molecule has 0 aliphatic heterocycles. The van der Waals surface area contributed by atoms with E-state index in [4.69, 9.17) is 16.2 Å². The zero-order chi connectivity index (χ0) is 19.4. The first kappa shape index (κ1) is 17.9. The number of aryl methyl sites for hydroxylation is 1. The van der Waals surface area contributed by atoms with Gasteiger partial charge in [-0.05, 0) is 42.8 Å². The highest BCUT2D eigenvalue weighted by Gasteiger charge is 2.12. The molecule has 0 spiro atoms. The van der Waals surface area contributed by atoms with Gasteiger partial charge in [-0.3, -0.25) is 9.78 Å². The molecule has 0 aliphatic carbocycles. The zero-order valence-electron chi connectivity index (χ0n) is 14.6. The van der Waals surface area contributed by atoms with Crippen molar-refractivity contribution in [3.63, 3.8) is 0 Å². The summed E-state index contributed by atoms with van der Waals surface area (Å²) >= 11 is 0. The van der Waals surface area contributed by atoms with Gasteiger partial charge in [0.2, 0.25) is 0 Å². The first-order valence-corrected chi connectivity index (χ1v) is 8.14. The summed E-state index contributed by atoms with van der Waals surface area (Å²) in [6.45, 7) is 1.93. The van der Waals surface area contributed by atoms with Crippen molar-refractivity contribution in [2.45, 2.75) is 6.92 Å². The van der Waals surface area contributed by atoms with Crippen molar-refractivity contribution >= 4 is 23.4 Å². The topological polar surface area (TPSA) is 120 Å². The van der Waals surface area contributed by atoms with Crippen LogP contribution in [0.2, 0.25) is 0 Å². The Labute approximate surface area is 156 Å². The van der Waals surface area contributed by atoms with E-state index in [1.165, 1.54) is 0 Å². The molecule has 3 aromatic rings. The van der Waals surface area contributed by atoms with Gasteiger partial charge in [-0.2, -0.15) is 0 Å². The predicted molar refractivity (Wildman–Crippen MR) is 103 cm³/mol. The molecule has 2 aromatic carbocycles. The van der Waals surface area contributed by atoms with E-state index < -0.39 is 6.09 Å². The number of carbonyl (C=O) groups is 2. The molecule has 7 heteroatoms. The second-order valence-electron chi connectivity index (χ2n) is 5.88. The molecular weight excluding hydrogens is 344 g/mol. The Bertz CT molecular complexity index is 1000. The third-order valence-electron chi connectivity index (χ3n) is 3.87. The number of amides is 2. The Balaban J connectivity index is 1.80. The first-order chi connectivity index (χ1) is 12.9. The van der Waals surface area contributed by atoms with Crippen LogP contribution in [0.15, 0.2) is 60.8 Å². The van der Waals surface area contributed by atoms with Gasteiger partial charge >= 0.3 is 6.09 Å². The summed E-state index contributed by atoms with van der Waals surface area (Å²) < 4.78 is 4.89. The van der Waals surface area contributed by atoms with Crippen molar-refractivity contribution in [1.82, 2.24) is 4.98 Å². The van der Waals surface area contributed by atoms with Crippen molar-refractivity contribution in [3.8, 4) is 17.0 Å². The highest BCUT2D eigenvalue weighted by molar-refractivity contribution is 6.05. The fourth-order valence-electron chi connectivity index (χ4n) is 2.64. The summed E-state index contributed by atoms with van der Waals surface area (Å²) in [5.41, 5.74) is 14.8. The number of pyridine rings is 1. The predicted octanol–water partition coefficient (Wildman–Crippen LogP) is 3.35. The van der Waals surface area contributed by atoms with Crippen LogP contribution in [0.4, 0.5) is 16.2 Å². The van der Waals surface area contributed by atoms with Gasteiger partial charge in [-0.15, -0.1) is 0 Å². The summed E-state index contributed by atoms with van der Waals surface area (Å²) in [6.07, 6.45) is 0.644. The number of benzene rings is 2. The summed E-state index contributed by atoms with van der Waals surface area (Å²) in [5.74, 6) is -0.166. The summed E-state index contributed by atoms with van der Waals surface area (Å²) in [7, 11) is 0. The maximum Gasteiger partial charge on any atom is 0.410 e. The quantitative estimate of drug-likeness (QED) is 0.657. The molecule has 0 radical (unpaired) electrons. The van der Waals surface area contributed by atoms with Crippen LogP contribution in [0.3, 0.4) is 0 Å². The van der Waals surface area contributed by atoms with Gasteiger partial charge in [-0.25, -0.2) is 4.79 Å². The Morgan fingerprint density at radius 1 is 1.07 bits per heavy atom. The molecule has 2 amide bonds. The van der Waals surface area contributed by atoms with Crippen LogP contribution in [0.1, 0.15) is 15.9 Å². The molecule has 0 atom stereocenters. The smallest absolute Gasteiger partial charge is 0.408 e. The lowest BCUT2D eigenvalue weighted by molar-refractivity contribution is 0.102. The van der Waals surface area contributed by atoms with Gasteiger partial charge in [0.15, 0.2) is 5.75 Å². The minimum absolute atomic E-state index is 0.177. The van der Waals surface area contributed by atoms with Crippen molar-refractivity contribution in [2.75, 3.05) is 11.1 Å². The average Bonchev–Trinajstić information content (AvgIpc) is 2.63. The number of carbonyl (C=O) groups excluding carboxylic acids is 2. The van der Waals surface area contributed by atoms with E-state index in [1.807, 2.05) is 25.1 Å². The van der Waals surface area contributed by atoms with E-state index >= 15 is 0 Å². The van der Waals surface area contributed by atoms with Crippen molar-refractivity contribution in [2.24, 2.45) is 5.73 Å². The van der Waals surface area contributed by atoms with Gasteiger partial charge in [0.1, 0.15) is 0 Å². The fraction of sp³-hybridized carbons (Fsp3) is 0.0500. The summed E-state index contributed by atoms with van der Waals surface area (Å²) in [4.78, 5) is 27.8. The van der Waals surface area contributed by atoms with Crippen LogP contribution in [0, 0.1) is 6.92 Å². The lowest BCUT2D eigenvalue weighted by Crippen LogP contribution is -2.18. The Kier molecular flexibility index (Phi) is 5.03. The monoisotopic (exact) mass is 362 g/mol. The molecule has 0 bridgehead atoms. The largest absolute Gasteiger partial charge is 0.410 e. The lowest BCUT2D eigenvalue weighted by Gasteiger charge is -2.11. The number of anilines is 2. The van der Waals surface area contributed by atoms with Crippen LogP contribution in [-0.4, -0.2) is 17.0 Å². The fourth-order valence-corrected chi connectivity index (χ4v) is 2.64. The Morgan fingerprint density at radius 2 is 1.78 bits per heavy atom. The van der Waals surface area contributed by atoms with Crippen LogP contribution < -0.4 is 21.5 Å². The Morgan fingerprint density at radius 3 is 2.44 bits per heavy atom. The van der Waals surface area contributed by atoms with Gasteiger partial charge in [0, 0.05) is 11.1 Å². The third kappa shape index (κ3) is 4.21. The number of nitrogen functional groups attached to an aromatic ring is 1. The van der Waals surface area contributed by atoms with Crippen LogP contribution in [0.5, 0.6) is 5.75 Å². The van der Waals surface area contributed by atoms with E-state index in [0.717, 1.165) is 16.8 Å². The van der Waals surface area contributed by atoms with Crippen molar-refractivity contribution in [1.29, 1.82) is 0 Å². The maximum atomic E-state index is 12.5. The van der Waals surface area contributed by atoms with E-state index in [0.29, 0.717) is 16.9 Å².